The van der Waals surface area contributed by atoms with Gasteiger partial charge in [-0.2, -0.15) is 0 Å². The molecule has 19 heavy (non-hydrogen) atoms. The maximum absolute atomic E-state index is 13.5. The van der Waals surface area contributed by atoms with Crippen molar-refractivity contribution < 1.29 is 13.9 Å². The van der Waals surface area contributed by atoms with Crippen molar-refractivity contribution in [2.45, 2.75) is 39.7 Å². The van der Waals surface area contributed by atoms with Crippen LogP contribution in [0, 0.1) is 12.7 Å². The molecule has 5 heteroatoms. The van der Waals surface area contributed by atoms with Gasteiger partial charge in [-0.1, -0.05) is 13.3 Å². The van der Waals surface area contributed by atoms with E-state index in [1.165, 1.54) is 6.07 Å². The van der Waals surface area contributed by atoms with Gasteiger partial charge in [0, 0.05) is 5.69 Å². The molecule has 0 aliphatic carbocycles. The molecule has 0 fully saturated rings. The van der Waals surface area contributed by atoms with Gasteiger partial charge < -0.3 is 10.1 Å². The number of esters is 1. The van der Waals surface area contributed by atoms with Gasteiger partial charge in [0.2, 0.25) is 0 Å². The number of ether oxygens (including phenoxy) is 1. The molecule has 1 aromatic carbocycles. The number of aryl methyl sites for hydroxylation is 1. The quantitative estimate of drug-likeness (QED) is 0.799. The van der Waals surface area contributed by atoms with Gasteiger partial charge >= 0.3 is 5.97 Å². The van der Waals surface area contributed by atoms with Gasteiger partial charge in [0.1, 0.15) is 11.9 Å². The Bertz CT molecular complexity index is 451. The molecule has 0 bridgehead atoms. The van der Waals surface area contributed by atoms with E-state index in [1.54, 1.807) is 13.0 Å². The SMILES string of the molecule is CCCC(Nc1cc(F)c(Br)cc1C)C(=O)OCC. The Balaban J connectivity index is 2.90. The van der Waals surface area contributed by atoms with E-state index in [-0.39, 0.29) is 11.8 Å². The molecule has 0 aliphatic rings. The lowest BCUT2D eigenvalue weighted by Crippen LogP contribution is -2.31. The zero-order valence-electron chi connectivity index (χ0n) is 11.4. The van der Waals surface area contributed by atoms with Crippen LogP contribution in [0.1, 0.15) is 32.3 Å². The van der Waals surface area contributed by atoms with Gasteiger partial charge in [-0.05, 0) is 53.9 Å². The molecule has 1 N–H and O–H groups in total. The summed E-state index contributed by atoms with van der Waals surface area (Å²) >= 11 is 3.14. The van der Waals surface area contributed by atoms with E-state index in [2.05, 4.69) is 21.2 Å². The first kappa shape index (κ1) is 16.0. The molecule has 106 valence electrons. The summed E-state index contributed by atoms with van der Waals surface area (Å²) in [7, 11) is 0. The average Bonchev–Trinajstić information content (AvgIpc) is 2.35. The summed E-state index contributed by atoms with van der Waals surface area (Å²) in [6.45, 7) is 5.96. The predicted molar refractivity (Wildman–Crippen MR) is 77.8 cm³/mol. The largest absolute Gasteiger partial charge is 0.464 e. The van der Waals surface area contributed by atoms with Crippen molar-refractivity contribution >= 4 is 27.6 Å². The molecule has 1 rings (SSSR count). The second-order valence-corrected chi connectivity index (χ2v) is 5.17. The van der Waals surface area contributed by atoms with Crippen LogP contribution in [-0.4, -0.2) is 18.6 Å². The van der Waals surface area contributed by atoms with E-state index in [9.17, 15) is 9.18 Å². The summed E-state index contributed by atoms with van der Waals surface area (Å²) in [5.41, 5.74) is 1.49. The molecule has 1 aromatic rings. The minimum absolute atomic E-state index is 0.299. The number of hydrogen-bond acceptors (Lipinski definition) is 3. The zero-order chi connectivity index (χ0) is 14.4. The maximum Gasteiger partial charge on any atom is 0.328 e. The Morgan fingerprint density at radius 1 is 1.47 bits per heavy atom. The molecular formula is C14H19BrFNO2. The van der Waals surface area contributed by atoms with E-state index in [0.717, 1.165) is 12.0 Å². The average molecular weight is 332 g/mol. The van der Waals surface area contributed by atoms with Gasteiger partial charge in [0.25, 0.3) is 0 Å². The number of carbonyl (C=O) groups excluding carboxylic acids is 1. The Labute approximate surface area is 121 Å². The highest BCUT2D eigenvalue weighted by molar-refractivity contribution is 9.10. The van der Waals surface area contributed by atoms with Crippen LogP contribution in [0.4, 0.5) is 10.1 Å². The standard InChI is InChI=1S/C14H19BrFNO2/c1-4-6-12(14(18)19-5-2)17-13-8-11(16)10(15)7-9(13)3/h7-8,12,17H,4-6H2,1-3H3. The van der Waals surface area contributed by atoms with Crippen molar-refractivity contribution in [2.75, 3.05) is 11.9 Å². The summed E-state index contributed by atoms with van der Waals surface area (Å²) in [4.78, 5) is 11.8. The Hall–Kier alpha value is -1.10. The second kappa shape index (κ2) is 7.48. The number of anilines is 1. The molecule has 0 aromatic heterocycles. The monoisotopic (exact) mass is 331 g/mol. The van der Waals surface area contributed by atoms with Gasteiger partial charge in [-0.3, -0.25) is 0 Å². The van der Waals surface area contributed by atoms with Crippen LogP contribution in [0.3, 0.4) is 0 Å². The van der Waals surface area contributed by atoms with Crippen molar-refractivity contribution in [2.24, 2.45) is 0 Å². The Kier molecular flexibility index (Phi) is 6.28. The first-order valence-corrected chi connectivity index (χ1v) is 7.17. The Morgan fingerprint density at radius 3 is 2.74 bits per heavy atom. The van der Waals surface area contributed by atoms with Gasteiger partial charge in [0.05, 0.1) is 11.1 Å². The molecule has 3 nitrogen and oxygen atoms in total. The number of rotatable bonds is 6. The molecule has 0 amide bonds. The lowest BCUT2D eigenvalue weighted by molar-refractivity contribution is -0.144. The number of nitrogens with one attached hydrogen (secondary N) is 1. The van der Waals surface area contributed by atoms with Crippen LogP contribution < -0.4 is 5.32 Å². The van der Waals surface area contributed by atoms with Crippen molar-refractivity contribution in [1.29, 1.82) is 0 Å². The molecule has 0 saturated heterocycles. The van der Waals surface area contributed by atoms with Crippen LogP contribution in [-0.2, 0) is 9.53 Å². The number of hydrogen-bond donors (Lipinski definition) is 1. The van der Waals surface area contributed by atoms with Gasteiger partial charge in [0.15, 0.2) is 0 Å². The molecule has 0 saturated carbocycles. The number of halogens is 2. The van der Waals surface area contributed by atoms with Crippen molar-refractivity contribution in [1.82, 2.24) is 0 Å². The molecule has 0 heterocycles. The summed E-state index contributed by atoms with van der Waals surface area (Å²) in [6.07, 6.45) is 1.49. The summed E-state index contributed by atoms with van der Waals surface area (Å²) in [5, 5.41) is 3.07. The third-order valence-electron chi connectivity index (χ3n) is 2.75. The normalized spacial score (nSPS) is 12.1. The van der Waals surface area contributed by atoms with Crippen LogP contribution in [0.5, 0.6) is 0 Å². The van der Waals surface area contributed by atoms with Crippen molar-refractivity contribution in [3.63, 3.8) is 0 Å². The van der Waals surface area contributed by atoms with Crippen LogP contribution in [0.2, 0.25) is 0 Å². The molecular weight excluding hydrogens is 313 g/mol. The molecule has 0 aliphatic heterocycles. The molecule has 1 atom stereocenters. The Morgan fingerprint density at radius 2 is 2.16 bits per heavy atom. The van der Waals surface area contributed by atoms with E-state index in [1.807, 2.05) is 13.8 Å². The van der Waals surface area contributed by atoms with Crippen LogP contribution in [0.25, 0.3) is 0 Å². The van der Waals surface area contributed by atoms with Crippen molar-refractivity contribution in [3.8, 4) is 0 Å². The van der Waals surface area contributed by atoms with Crippen molar-refractivity contribution in [3.05, 3.63) is 28.0 Å². The third-order valence-corrected chi connectivity index (χ3v) is 3.35. The number of carbonyl (C=O) groups is 1. The summed E-state index contributed by atoms with van der Waals surface area (Å²) < 4.78 is 19.0. The summed E-state index contributed by atoms with van der Waals surface area (Å²) in [5.74, 6) is -0.653. The molecule has 0 radical (unpaired) electrons. The highest BCUT2D eigenvalue weighted by atomic mass is 79.9. The lowest BCUT2D eigenvalue weighted by atomic mass is 10.1. The minimum atomic E-state index is -0.441. The van der Waals surface area contributed by atoms with Gasteiger partial charge in [-0.25, -0.2) is 9.18 Å². The van der Waals surface area contributed by atoms with E-state index < -0.39 is 6.04 Å². The smallest absolute Gasteiger partial charge is 0.328 e. The zero-order valence-corrected chi connectivity index (χ0v) is 13.0. The topological polar surface area (TPSA) is 38.3 Å². The third kappa shape index (κ3) is 4.49. The molecule has 1 unspecified atom stereocenters. The first-order chi connectivity index (χ1) is 8.99. The first-order valence-electron chi connectivity index (χ1n) is 6.38. The minimum Gasteiger partial charge on any atom is -0.464 e. The fraction of sp³-hybridized carbons (Fsp3) is 0.500. The van der Waals surface area contributed by atoms with Crippen LogP contribution >= 0.6 is 15.9 Å². The summed E-state index contributed by atoms with van der Waals surface area (Å²) in [6, 6.07) is 2.64. The maximum atomic E-state index is 13.5. The number of benzene rings is 1. The highest BCUT2D eigenvalue weighted by Crippen LogP contribution is 2.25. The second-order valence-electron chi connectivity index (χ2n) is 4.32. The fourth-order valence-electron chi connectivity index (χ4n) is 1.77. The lowest BCUT2D eigenvalue weighted by Gasteiger charge is -2.19. The highest BCUT2D eigenvalue weighted by Gasteiger charge is 2.19. The predicted octanol–water partition coefficient (Wildman–Crippen LogP) is 4.04. The van der Waals surface area contributed by atoms with E-state index in [0.29, 0.717) is 23.2 Å². The fourth-order valence-corrected chi connectivity index (χ4v) is 2.23. The van der Waals surface area contributed by atoms with Gasteiger partial charge in [-0.15, -0.1) is 0 Å². The molecule has 0 spiro atoms. The van der Waals surface area contributed by atoms with E-state index >= 15 is 0 Å². The van der Waals surface area contributed by atoms with E-state index in [4.69, 9.17) is 4.74 Å². The van der Waals surface area contributed by atoms with Crippen LogP contribution in [0.15, 0.2) is 16.6 Å².